The topological polar surface area (TPSA) is 66.4 Å². The molecule has 4 heteroatoms. The van der Waals surface area contributed by atoms with Crippen LogP contribution in [0.3, 0.4) is 0 Å². The van der Waals surface area contributed by atoms with Crippen LogP contribution in [0.15, 0.2) is 24.3 Å². The van der Waals surface area contributed by atoms with E-state index in [0.717, 1.165) is 11.3 Å². The third-order valence-corrected chi connectivity index (χ3v) is 5.30. The molecular weight excluding hydrogens is 266 g/mol. The summed E-state index contributed by atoms with van der Waals surface area (Å²) in [6.45, 7) is 7.48. The maximum atomic E-state index is 12.5. The Morgan fingerprint density at radius 1 is 1.29 bits per heavy atom. The first-order chi connectivity index (χ1) is 9.68. The van der Waals surface area contributed by atoms with Crippen molar-refractivity contribution < 1.29 is 14.7 Å². The van der Waals surface area contributed by atoms with Crippen LogP contribution in [0.4, 0.5) is 5.69 Å². The molecule has 21 heavy (non-hydrogen) atoms. The van der Waals surface area contributed by atoms with Crippen LogP contribution in [-0.2, 0) is 9.59 Å². The number of carboxylic acids is 1. The van der Waals surface area contributed by atoms with Gasteiger partial charge in [-0.2, -0.15) is 0 Å². The normalized spacial score (nSPS) is 27.3. The van der Waals surface area contributed by atoms with Crippen LogP contribution in [-0.4, -0.2) is 17.0 Å². The van der Waals surface area contributed by atoms with Crippen LogP contribution in [0.5, 0.6) is 0 Å². The molecule has 1 fully saturated rings. The van der Waals surface area contributed by atoms with E-state index in [9.17, 15) is 14.7 Å². The third kappa shape index (κ3) is 2.55. The summed E-state index contributed by atoms with van der Waals surface area (Å²) in [6.07, 6.45) is 1.13. The van der Waals surface area contributed by atoms with Crippen molar-refractivity contribution in [3.05, 3.63) is 29.8 Å². The summed E-state index contributed by atoms with van der Waals surface area (Å²) < 4.78 is 0. The zero-order chi connectivity index (χ0) is 15.8. The molecule has 0 radical (unpaired) electrons. The van der Waals surface area contributed by atoms with Gasteiger partial charge in [0.05, 0.1) is 5.41 Å². The van der Waals surface area contributed by atoms with E-state index >= 15 is 0 Å². The molecule has 0 unspecified atom stereocenters. The van der Waals surface area contributed by atoms with Crippen LogP contribution in [0.25, 0.3) is 0 Å². The summed E-state index contributed by atoms with van der Waals surface area (Å²) in [4.78, 5) is 24.1. The second-order valence-electron chi connectivity index (χ2n) is 6.81. The van der Waals surface area contributed by atoms with Gasteiger partial charge in [0.15, 0.2) is 0 Å². The lowest BCUT2D eigenvalue weighted by atomic mass is 9.65. The number of hydrogen-bond donors (Lipinski definition) is 2. The number of carbonyl (C=O) groups excluding carboxylic acids is 1. The van der Waals surface area contributed by atoms with Crippen molar-refractivity contribution in [2.24, 2.45) is 16.7 Å². The molecule has 0 heterocycles. The molecule has 0 bridgehead atoms. The molecule has 1 aliphatic rings. The van der Waals surface area contributed by atoms with Crippen LogP contribution in [0.1, 0.15) is 39.2 Å². The molecule has 114 valence electrons. The highest BCUT2D eigenvalue weighted by Gasteiger charge is 2.58. The van der Waals surface area contributed by atoms with E-state index in [-0.39, 0.29) is 11.8 Å². The van der Waals surface area contributed by atoms with Crippen LogP contribution < -0.4 is 5.32 Å². The number of aliphatic carboxylic acids is 1. The second-order valence-corrected chi connectivity index (χ2v) is 6.81. The Morgan fingerprint density at radius 3 is 2.48 bits per heavy atom. The van der Waals surface area contributed by atoms with E-state index in [1.165, 1.54) is 0 Å². The minimum Gasteiger partial charge on any atom is -0.481 e. The number of benzene rings is 1. The molecular formula is C17H23NO3. The Bertz CT molecular complexity index is 579. The van der Waals surface area contributed by atoms with E-state index in [1.807, 2.05) is 45.0 Å². The maximum absolute atomic E-state index is 12.5. The molecule has 1 aromatic carbocycles. The summed E-state index contributed by atoms with van der Waals surface area (Å²) in [5.74, 6) is -1.20. The van der Waals surface area contributed by atoms with Crippen molar-refractivity contribution in [2.75, 3.05) is 5.32 Å². The predicted molar refractivity (Wildman–Crippen MR) is 82.1 cm³/mol. The standard InChI is InChI=1S/C17H23NO3/c1-11-6-5-7-12(10-11)18-14(19)13-8-9-17(4,15(20)21)16(13,2)3/h5-7,10,13H,8-9H2,1-4H3,(H,18,19)(H,20,21)/t13-,17-/m1/s1. The number of nitrogens with one attached hydrogen (secondary N) is 1. The van der Waals surface area contributed by atoms with Crippen molar-refractivity contribution >= 4 is 17.6 Å². The van der Waals surface area contributed by atoms with E-state index < -0.39 is 16.8 Å². The zero-order valence-corrected chi connectivity index (χ0v) is 13.1. The number of hydrogen-bond acceptors (Lipinski definition) is 2. The summed E-state index contributed by atoms with van der Waals surface area (Å²) in [5.41, 5.74) is 0.405. The largest absolute Gasteiger partial charge is 0.481 e. The molecule has 1 saturated carbocycles. The van der Waals surface area contributed by atoms with E-state index in [0.29, 0.717) is 12.8 Å². The smallest absolute Gasteiger partial charge is 0.309 e. The van der Waals surface area contributed by atoms with Crippen molar-refractivity contribution in [1.82, 2.24) is 0 Å². The molecule has 0 aromatic heterocycles. The maximum Gasteiger partial charge on any atom is 0.309 e. The number of aryl methyl sites for hydroxylation is 1. The number of carboxylic acid groups (broad SMARTS) is 1. The minimum absolute atomic E-state index is 0.0874. The lowest BCUT2D eigenvalue weighted by Gasteiger charge is -2.37. The van der Waals surface area contributed by atoms with Gasteiger partial charge in [0.25, 0.3) is 0 Å². The van der Waals surface area contributed by atoms with Gasteiger partial charge >= 0.3 is 5.97 Å². The van der Waals surface area contributed by atoms with Crippen LogP contribution in [0, 0.1) is 23.7 Å². The molecule has 1 amide bonds. The van der Waals surface area contributed by atoms with Gasteiger partial charge in [0, 0.05) is 11.6 Å². The Hall–Kier alpha value is -1.84. The Morgan fingerprint density at radius 2 is 1.95 bits per heavy atom. The van der Waals surface area contributed by atoms with Crippen LogP contribution >= 0.6 is 0 Å². The highest BCUT2D eigenvalue weighted by atomic mass is 16.4. The predicted octanol–water partition coefficient (Wildman–Crippen LogP) is 3.46. The summed E-state index contributed by atoms with van der Waals surface area (Å²) in [5, 5.41) is 12.4. The number of amides is 1. The lowest BCUT2D eigenvalue weighted by molar-refractivity contribution is -0.154. The fourth-order valence-electron chi connectivity index (χ4n) is 3.29. The van der Waals surface area contributed by atoms with Gasteiger partial charge in [0.1, 0.15) is 0 Å². The third-order valence-electron chi connectivity index (χ3n) is 5.30. The van der Waals surface area contributed by atoms with E-state index in [1.54, 1.807) is 6.92 Å². The summed E-state index contributed by atoms with van der Waals surface area (Å²) in [7, 11) is 0. The Kier molecular flexibility index (Phi) is 3.83. The fraction of sp³-hybridized carbons (Fsp3) is 0.529. The summed E-state index contributed by atoms with van der Waals surface area (Å²) >= 11 is 0. The minimum atomic E-state index is -0.860. The first kappa shape index (κ1) is 15.5. The number of carbonyl (C=O) groups is 2. The lowest BCUT2D eigenvalue weighted by Crippen LogP contribution is -2.43. The van der Waals surface area contributed by atoms with Gasteiger partial charge in [-0.3, -0.25) is 9.59 Å². The highest BCUT2D eigenvalue weighted by Crippen LogP contribution is 2.56. The second kappa shape index (κ2) is 5.17. The molecule has 2 atom stereocenters. The first-order valence-electron chi connectivity index (χ1n) is 7.29. The molecule has 2 rings (SSSR count). The number of rotatable bonds is 3. The molecule has 0 spiro atoms. The van der Waals surface area contributed by atoms with E-state index in [4.69, 9.17) is 0 Å². The van der Waals surface area contributed by atoms with Crippen molar-refractivity contribution in [3.8, 4) is 0 Å². The Labute approximate surface area is 125 Å². The monoisotopic (exact) mass is 289 g/mol. The zero-order valence-electron chi connectivity index (χ0n) is 13.1. The van der Waals surface area contributed by atoms with E-state index in [2.05, 4.69) is 5.32 Å². The van der Waals surface area contributed by atoms with Crippen molar-refractivity contribution in [1.29, 1.82) is 0 Å². The average molecular weight is 289 g/mol. The quantitative estimate of drug-likeness (QED) is 0.895. The summed E-state index contributed by atoms with van der Waals surface area (Å²) in [6, 6.07) is 7.63. The number of anilines is 1. The van der Waals surface area contributed by atoms with Gasteiger partial charge in [-0.25, -0.2) is 0 Å². The van der Waals surface area contributed by atoms with Gasteiger partial charge in [0.2, 0.25) is 5.91 Å². The molecule has 1 aliphatic carbocycles. The van der Waals surface area contributed by atoms with Gasteiger partial charge < -0.3 is 10.4 Å². The molecule has 4 nitrogen and oxygen atoms in total. The van der Waals surface area contributed by atoms with Gasteiger partial charge in [-0.1, -0.05) is 26.0 Å². The van der Waals surface area contributed by atoms with Crippen LogP contribution in [0.2, 0.25) is 0 Å². The highest BCUT2D eigenvalue weighted by molar-refractivity contribution is 5.94. The SMILES string of the molecule is Cc1cccc(NC(=O)[C@H]2CC[C@](C)(C(=O)O)C2(C)C)c1. The van der Waals surface area contributed by atoms with Gasteiger partial charge in [-0.05, 0) is 49.8 Å². The molecule has 0 saturated heterocycles. The van der Waals surface area contributed by atoms with Crippen molar-refractivity contribution in [3.63, 3.8) is 0 Å². The molecule has 2 N–H and O–H groups in total. The fourth-order valence-corrected chi connectivity index (χ4v) is 3.29. The Balaban J connectivity index is 2.19. The average Bonchev–Trinajstić information content (AvgIpc) is 2.61. The van der Waals surface area contributed by atoms with Gasteiger partial charge in [-0.15, -0.1) is 0 Å². The molecule has 0 aliphatic heterocycles. The molecule has 1 aromatic rings. The first-order valence-corrected chi connectivity index (χ1v) is 7.29. The van der Waals surface area contributed by atoms with Crippen molar-refractivity contribution in [2.45, 2.75) is 40.5 Å².